The van der Waals surface area contributed by atoms with E-state index in [0.717, 1.165) is 16.9 Å². The molecule has 126 valence electrons. The first-order valence-corrected chi connectivity index (χ1v) is 8.11. The molecule has 4 aromatic rings. The molecule has 3 aromatic heterocycles. The molecule has 0 aliphatic heterocycles. The molecule has 7 heteroatoms. The zero-order valence-corrected chi connectivity index (χ0v) is 14.4. The highest BCUT2D eigenvalue weighted by Crippen LogP contribution is 2.20. The Hall–Kier alpha value is -2.73. The van der Waals surface area contributed by atoms with Gasteiger partial charge in [-0.3, -0.25) is 4.79 Å². The van der Waals surface area contributed by atoms with Crippen molar-refractivity contribution in [2.75, 3.05) is 0 Å². The molecule has 0 fully saturated rings. The number of imidazole rings is 1. The zero-order chi connectivity index (χ0) is 17.7. The average molecular weight is 357 g/mol. The van der Waals surface area contributed by atoms with Crippen LogP contribution in [-0.4, -0.2) is 19.4 Å². The van der Waals surface area contributed by atoms with E-state index in [2.05, 4.69) is 15.0 Å². The SMILES string of the molecule is Cc1cc2nc(Cc3nc4cc(F)c(Cl)cc4c(=O)[nH]3)cn2cc1C. The second kappa shape index (κ2) is 5.67. The summed E-state index contributed by atoms with van der Waals surface area (Å²) in [6, 6.07) is 4.47. The van der Waals surface area contributed by atoms with Gasteiger partial charge in [-0.1, -0.05) is 11.6 Å². The van der Waals surface area contributed by atoms with E-state index in [1.165, 1.54) is 17.7 Å². The molecule has 0 aliphatic carbocycles. The van der Waals surface area contributed by atoms with Gasteiger partial charge in [0.2, 0.25) is 0 Å². The summed E-state index contributed by atoms with van der Waals surface area (Å²) in [6.07, 6.45) is 4.25. The van der Waals surface area contributed by atoms with Crippen LogP contribution in [-0.2, 0) is 6.42 Å². The van der Waals surface area contributed by atoms with Crippen molar-refractivity contribution in [2.45, 2.75) is 20.3 Å². The summed E-state index contributed by atoms with van der Waals surface area (Å²) in [6.45, 7) is 4.07. The van der Waals surface area contributed by atoms with Gasteiger partial charge in [-0.2, -0.15) is 0 Å². The Balaban J connectivity index is 1.78. The Morgan fingerprint density at radius 3 is 2.76 bits per heavy atom. The fourth-order valence-electron chi connectivity index (χ4n) is 2.81. The van der Waals surface area contributed by atoms with Crippen molar-refractivity contribution >= 4 is 28.2 Å². The number of nitrogens with zero attached hydrogens (tertiary/aromatic N) is 3. The summed E-state index contributed by atoms with van der Waals surface area (Å²) in [4.78, 5) is 23.8. The van der Waals surface area contributed by atoms with Gasteiger partial charge in [0.05, 0.1) is 21.6 Å². The van der Waals surface area contributed by atoms with Crippen molar-refractivity contribution in [1.82, 2.24) is 19.4 Å². The highest BCUT2D eigenvalue weighted by atomic mass is 35.5. The predicted molar refractivity (Wildman–Crippen MR) is 94.8 cm³/mol. The van der Waals surface area contributed by atoms with Crippen LogP contribution in [0, 0.1) is 19.7 Å². The molecule has 0 unspecified atom stereocenters. The monoisotopic (exact) mass is 356 g/mol. The lowest BCUT2D eigenvalue weighted by molar-refractivity contribution is 0.629. The van der Waals surface area contributed by atoms with Crippen molar-refractivity contribution in [1.29, 1.82) is 0 Å². The van der Waals surface area contributed by atoms with Gasteiger partial charge >= 0.3 is 0 Å². The van der Waals surface area contributed by atoms with Gasteiger partial charge in [0, 0.05) is 24.9 Å². The highest BCUT2D eigenvalue weighted by molar-refractivity contribution is 6.31. The number of pyridine rings is 1. The van der Waals surface area contributed by atoms with E-state index >= 15 is 0 Å². The van der Waals surface area contributed by atoms with E-state index < -0.39 is 5.82 Å². The minimum Gasteiger partial charge on any atom is -0.310 e. The van der Waals surface area contributed by atoms with Crippen LogP contribution in [0.1, 0.15) is 22.6 Å². The summed E-state index contributed by atoms with van der Waals surface area (Å²) in [7, 11) is 0. The lowest BCUT2D eigenvalue weighted by atomic mass is 10.2. The van der Waals surface area contributed by atoms with Gasteiger partial charge in [-0.15, -0.1) is 0 Å². The molecule has 25 heavy (non-hydrogen) atoms. The van der Waals surface area contributed by atoms with Gasteiger partial charge in [-0.05, 0) is 37.1 Å². The molecule has 0 aliphatic rings. The maximum absolute atomic E-state index is 13.7. The Morgan fingerprint density at radius 1 is 1.16 bits per heavy atom. The number of halogens is 2. The van der Waals surface area contributed by atoms with E-state index in [1.54, 1.807) is 0 Å². The first-order chi connectivity index (χ1) is 11.9. The number of nitrogens with one attached hydrogen (secondary N) is 1. The Morgan fingerprint density at radius 2 is 1.96 bits per heavy atom. The van der Waals surface area contributed by atoms with E-state index in [1.807, 2.05) is 36.7 Å². The minimum atomic E-state index is -0.600. The Bertz CT molecular complexity index is 1160. The molecule has 0 atom stereocenters. The van der Waals surface area contributed by atoms with Gasteiger partial charge in [-0.25, -0.2) is 14.4 Å². The van der Waals surface area contributed by atoms with Crippen LogP contribution in [0.15, 0.2) is 35.4 Å². The molecule has 1 N–H and O–H groups in total. The number of rotatable bonds is 2. The van der Waals surface area contributed by atoms with E-state index in [9.17, 15) is 9.18 Å². The summed E-state index contributed by atoms with van der Waals surface area (Å²) in [5, 5.41) is 0.162. The molecule has 4 rings (SSSR count). The smallest absolute Gasteiger partial charge is 0.258 e. The third kappa shape index (κ3) is 2.78. The minimum absolute atomic E-state index is 0.0985. The van der Waals surface area contributed by atoms with Crippen LogP contribution in [0.4, 0.5) is 4.39 Å². The number of aromatic nitrogens is 4. The predicted octanol–water partition coefficient (Wildman–Crippen LogP) is 3.57. The van der Waals surface area contributed by atoms with Crippen LogP contribution >= 0.6 is 11.6 Å². The highest BCUT2D eigenvalue weighted by Gasteiger charge is 2.11. The van der Waals surface area contributed by atoms with Crippen molar-refractivity contribution in [3.05, 3.63) is 74.4 Å². The van der Waals surface area contributed by atoms with Crippen molar-refractivity contribution in [2.24, 2.45) is 0 Å². The van der Waals surface area contributed by atoms with Gasteiger partial charge in [0.1, 0.15) is 17.3 Å². The normalized spacial score (nSPS) is 11.5. The number of H-pyrrole nitrogens is 1. The molecule has 0 bridgehead atoms. The molecule has 0 spiro atoms. The fraction of sp³-hybridized carbons (Fsp3) is 0.167. The van der Waals surface area contributed by atoms with Gasteiger partial charge < -0.3 is 9.38 Å². The standard InChI is InChI=1S/C18H14ClFN4O/c1-9-3-17-21-11(8-24(17)7-10(9)2)4-16-22-15-6-14(20)13(19)5-12(15)18(25)23-16/h3,5-8H,4H2,1-2H3,(H,22,23,25). The average Bonchev–Trinajstić information content (AvgIpc) is 2.91. The maximum atomic E-state index is 13.7. The number of aryl methyl sites for hydroxylation is 2. The first kappa shape index (κ1) is 15.8. The van der Waals surface area contributed by atoms with Crippen LogP contribution in [0.25, 0.3) is 16.6 Å². The molecule has 1 aromatic carbocycles. The van der Waals surface area contributed by atoms with Gasteiger partial charge in [0.25, 0.3) is 5.56 Å². The summed E-state index contributed by atoms with van der Waals surface area (Å²) >= 11 is 5.73. The van der Waals surface area contributed by atoms with Crippen LogP contribution in [0.3, 0.4) is 0 Å². The largest absolute Gasteiger partial charge is 0.310 e. The molecule has 3 heterocycles. The summed E-state index contributed by atoms with van der Waals surface area (Å²) in [5.41, 5.74) is 3.85. The quantitative estimate of drug-likeness (QED) is 0.597. The molecule has 5 nitrogen and oxygen atoms in total. The van der Waals surface area contributed by atoms with Crippen LogP contribution < -0.4 is 5.56 Å². The maximum Gasteiger partial charge on any atom is 0.258 e. The van der Waals surface area contributed by atoms with Crippen LogP contribution in [0.2, 0.25) is 5.02 Å². The molecule has 0 saturated heterocycles. The van der Waals surface area contributed by atoms with Crippen LogP contribution in [0.5, 0.6) is 0 Å². The summed E-state index contributed by atoms with van der Waals surface area (Å²) < 4.78 is 15.6. The molecule has 0 radical (unpaired) electrons. The van der Waals surface area contributed by atoms with E-state index in [-0.39, 0.29) is 21.5 Å². The second-order valence-electron chi connectivity index (χ2n) is 6.11. The third-order valence-corrected chi connectivity index (χ3v) is 4.55. The topological polar surface area (TPSA) is 63.0 Å². The van der Waals surface area contributed by atoms with Crippen molar-refractivity contribution in [3.8, 4) is 0 Å². The number of aromatic amines is 1. The fourth-order valence-corrected chi connectivity index (χ4v) is 2.98. The first-order valence-electron chi connectivity index (χ1n) is 7.73. The third-order valence-electron chi connectivity index (χ3n) is 4.26. The molecule has 0 amide bonds. The van der Waals surface area contributed by atoms with E-state index in [0.29, 0.717) is 12.2 Å². The number of benzene rings is 1. The van der Waals surface area contributed by atoms with Crippen molar-refractivity contribution < 1.29 is 4.39 Å². The number of hydrogen-bond acceptors (Lipinski definition) is 3. The summed E-state index contributed by atoms with van der Waals surface area (Å²) in [5.74, 6) is -0.173. The number of fused-ring (bicyclic) bond motifs is 2. The van der Waals surface area contributed by atoms with Gasteiger partial charge in [0.15, 0.2) is 0 Å². The zero-order valence-electron chi connectivity index (χ0n) is 13.6. The molecular weight excluding hydrogens is 343 g/mol. The lowest BCUT2D eigenvalue weighted by Crippen LogP contribution is -2.12. The Labute approximate surface area is 147 Å². The molecule has 0 saturated carbocycles. The second-order valence-corrected chi connectivity index (χ2v) is 6.52. The van der Waals surface area contributed by atoms with E-state index in [4.69, 9.17) is 11.6 Å². The number of hydrogen-bond donors (Lipinski definition) is 1. The lowest BCUT2D eigenvalue weighted by Gasteiger charge is -2.02. The van der Waals surface area contributed by atoms with Crippen molar-refractivity contribution in [3.63, 3.8) is 0 Å². The Kier molecular flexibility index (Phi) is 3.58. The molecular formula is C18H14ClFN4O.